The van der Waals surface area contributed by atoms with Crippen LogP contribution in [0, 0.1) is 0 Å². The van der Waals surface area contributed by atoms with E-state index in [9.17, 15) is 0 Å². The lowest BCUT2D eigenvalue weighted by atomic mass is 9.99. The van der Waals surface area contributed by atoms with Crippen molar-refractivity contribution in [1.29, 1.82) is 0 Å². The molecule has 0 atom stereocenters. The van der Waals surface area contributed by atoms with Crippen LogP contribution in [0.25, 0.3) is 10.8 Å². The largest absolute Gasteiger partial charge is 0.419 e. The standard InChI is InChI=1S/C19H22N6OS/c1-2-5-15-14(4-1)12-16(27-15)18-23-22-17(26-18)13-24-8-10-25(11-9-24)19-20-6-3-7-21-19/h3,6-7,12H,1-2,4-5,8-11,13H2. The fraction of sp³-hybridized carbons (Fsp3) is 0.474. The van der Waals surface area contributed by atoms with Gasteiger partial charge in [-0.3, -0.25) is 4.90 Å². The quantitative estimate of drug-likeness (QED) is 0.687. The molecule has 0 radical (unpaired) electrons. The lowest BCUT2D eigenvalue weighted by molar-refractivity contribution is 0.226. The SMILES string of the molecule is c1cnc(N2CCN(Cc3nnc(-c4cc5c(s4)CCCC5)o3)CC2)nc1. The summed E-state index contributed by atoms with van der Waals surface area (Å²) in [4.78, 5) is 15.8. The number of nitrogens with zero attached hydrogens (tertiary/aromatic N) is 6. The maximum absolute atomic E-state index is 5.97. The van der Waals surface area contributed by atoms with Crippen molar-refractivity contribution < 1.29 is 4.42 Å². The van der Waals surface area contributed by atoms with Crippen LogP contribution in [0.3, 0.4) is 0 Å². The van der Waals surface area contributed by atoms with E-state index in [0.717, 1.165) is 37.0 Å². The summed E-state index contributed by atoms with van der Waals surface area (Å²) in [6.07, 6.45) is 8.53. The summed E-state index contributed by atoms with van der Waals surface area (Å²) >= 11 is 1.82. The zero-order chi connectivity index (χ0) is 18.1. The Morgan fingerprint density at radius 2 is 1.81 bits per heavy atom. The highest BCUT2D eigenvalue weighted by Gasteiger charge is 2.22. The van der Waals surface area contributed by atoms with E-state index in [1.807, 2.05) is 17.4 Å². The predicted molar refractivity (Wildman–Crippen MR) is 104 cm³/mol. The highest BCUT2D eigenvalue weighted by Crippen LogP contribution is 2.35. The molecule has 1 fully saturated rings. The number of anilines is 1. The topological polar surface area (TPSA) is 71.2 Å². The zero-order valence-electron chi connectivity index (χ0n) is 15.2. The Labute approximate surface area is 162 Å². The van der Waals surface area contributed by atoms with Gasteiger partial charge in [0.05, 0.1) is 11.4 Å². The van der Waals surface area contributed by atoms with Crippen molar-refractivity contribution >= 4 is 17.3 Å². The van der Waals surface area contributed by atoms with Crippen molar-refractivity contribution in [3.8, 4) is 10.8 Å². The second-order valence-corrected chi connectivity index (χ2v) is 8.22. The highest BCUT2D eigenvalue weighted by molar-refractivity contribution is 7.15. The Bertz CT molecular complexity index is 877. The number of fused-ring (bicyclic) bond motifs is 1. The summed E-state index contributed by atoms with van der Waals surface area (Å²) < 4.78 is 5.97. The molecule has 1 aliphatic heterocycles. The Balaban J connectivity index is 1.21. The first-order valence-corrected chi connectivity index (χ1v) is 10.4. The third kappa shape index (κ3) is 3.59. The molecule has 1 aliphatic carbocycles. The van der Waals surface area contributed by atoms with Crippen molar-refractivity contribution in [2.45, 2.75) is 32.2 Å². The summed E-state index contributed by atoms with van der Waals surface area (Å²) in [6, 6.07) is 4.09. The molecule has 0 saturated carbocycles. The van der Waals surface area contributed by atoms with Gasteiger partial charge in [0.1, 0.15) is 0 Å². The second-order valence-electron chi connectivity index (χ2n) is 7.08. The lowest BCUT2D eigenvalue weighted by Gasteiger charge is -2.33. The second kappa shape index (κ2) is 7.36. The van der Waals surface area contributed by atoms with E-state index in [1.54, 1.807) is 12.4 Å². The summed E-state index contributed by atoms with van der Waals surface area (Å²) in [5, 5.41) is 8.57. The summed E-state index contributed by atoms with van der Waals surface area (Å²) in [5.41, 5.74) is 1.47. The molecule has 0 spiro atoms. The van der Waals surface area contributed by atoms with Crippen LogP contribution in [0.4, 0.5) is 5.95 Å². The van der Waals surface area contributed by atoms with Crippen LogP contribution in [0.1, 0.15) is 29.2 Å². The number of aryl methyl sites for hydroxylation is 2. The van der Waals surface area contributed by atoms with E-state index in [4.69, 9.17) is 4.42 Å². The van der Waals surface area contributed by atoms with Gasteiger partial charge in [-0.1, -0.05) is 0 Å². The van der Waals surface area contributed by atoms with Crippen LogP contribution in [-0.4, -0.2) is 51.2 Å². The van der Waals surface area contributed by atoms with Crippen LogP contribution in [-0.2, 0) is 19.4 Å². The fourth-order valence-electron chi connectivity index (χ4n) is 3.76. The molecule has 0 unspecified atom stereocenters. The van der Waals surface area contributed by atoms with Gasteiger partial charge in [0.25, 0.3) is 5.89 Å². The first-order valence-electron chi connectivity index (χ1n) is 9.54. The van der Waals surface area contributed by atoms with Crippen molar-refractivity contribution in [3.63, 3.8) is 0 Å². The minimum atomic E-state index is 0.667. The van der Waals surface area contributed by atoms with E-state index >= 15 is 0 Å². The van der Waals surface area contributed by atoms with Crippen LogP contribution in [0.5, 0.6) is 0 Å². The Kier molecular flexibility index (Phi) is 4.59. The van der Waals surface area contributed by atoms with Gasteiger partial charge < -0.3 is 9.32 Å². The monoisotopic (exact) mass is 382 g/mol. The van der Waals surface area contributed by atoms with Crippen molar-refractivity contribution in [1.82, 2.24) is 25.1 Å². The molecule has 5 rings (SSSR count). The molecule has 0 aromatic carbocycles. The van der Waals surface area contributed by atoms with Gasteiger partial charge in [-0.05, 0) is 43.4 Å². The highest BCUT2D eigenvalue weighted by atomic mass is 32.1. The van der Waals surface area contributed by atoms with E-state index in [2.05, 4.69) is 36.0 Å². The molecule has 7 nitrogen and oxygen atoms in total. The minimum Gasteiger partial charge on any atom is -0.419 e. The maximum atomic E-state index is 5.97. The van der Waals surface area contributed by atoms with Gasteiger partial charge in [-0.15, -0.1) is 21.5 Å². The Morgan fingerprint density at radius 1 is 1.00 bits per heavy atom. The average Bonchev–Trinajstić information content (AvgIpc) is 3.36. The Morgan fingerprint density at radius 3 is 2.63 bits per heavy atom. The zero-order valence-corrected chi connectivity index (χ0v) is 16.0. The average molecular weight is 382 g/mol. The van der Waals surface area contributed by atoms with Gasteiger partial charge in [0, 0.05) is 43.4 Å². The molecule has 27 heavy (non-hydrogen) atoms. The molecule has 4 heterocycles. The molecule has 0 bridgehead atoms. The van der Waals surface area contributed by atoms with Gasteiger partial charge >= 0.3 is 0 Å². The van der Waals surface area contributed by atoms with E-state index in [0.29, 0.717) is 18.3 Å². The third-order valence-electron chi connectivity index (χ3n) is 5.24. The van der Waals surface area contributed by atoms with Crippen LogP contribution in [0.15, 0.2) is 28.9 Å². The summed E-state index contributed by atoms with van der Waals surface area (Å²) in [6.45, 7) is 4.37. The molecule has 2 aliphatic rings. The molecule has 8 heteroatoms. The molecule has 3 aromatic rings. The van der Waals surface area contributed by atoms with Gasteiger partial charge in [-0.25, -0.2) is 9.97 Å². The number of thiophene rings is 1. The van der Waals surface area contributed by atoms with E-state index < -0.39 is 0 Å². The number of rotatable bonds is 4. The van der Waals surface area contributed by atoms with Gasteiger partial charge in [0.2, 0.25) is 11.8 Å². The summed E-state index contributed by atoms with van der Waals surface area (Å²) in [7, 11) is 0. The van der Waals surface area contributed by atoms with Gasteiger partial charge in [0.15, 0.2) is 0 Å². The minimum absolute atomic E-state index is 0.667. The molecule has 3 aromatic heterocycles. The van der Waals surface area contributed by atoms with E-state index in [1.165, 1.54) is 36.1 Å². The number of piperazine rings is 1. The molecule has 0 N–H and O–H groups in total. The van der Waals surface area contributed by atoms with Crippen molar-refractivity contribution in [2.24, 2.45) is 0 Å². The van der Waals surface area contributed by atoms with Crippen LogP contribution < -0.4 is 4.90 Å². The number of hydrogen-bond donors (Lipinski definition) is 0. The normalized spacial score (nSPS) is 17.9. The molecule has 0 amide bonds. The van der Waals surface area contributed by atoms with Crippen LogP contribution >= 0.6 is 11.3 Å². The fourth-order valence-corrected chi connectivity index (χ4v) is 4.94. The Hall–Kier alpha value is -2.32. The molecule has 1 saturated heterocycles. The molecule has 140 valence electrons. The first-order chi connectivity index (χ1) is 13.3. The lowest BCUT2D eigenvalue weighted by Crippen LogP contribution is -2.46. The number of aromatic nitrogens is 4. The van der Waals surface area contributed by atoms with Crippen molar-refractivity contribution in [3.05, 3.63) is 40.9 Å². The molecular weight excluding hydrogens is 360 g/mol. The number of hydrogen-bond acceptors (Lipinski definition) is 8. The third-order valence-corrected chi connectivity index (χ3v) is 6.47. The van der Waals surface area contributed by atoms with Crippen LogP contribution in [0.2, 0.25) is 0 Å². The summed E-state index contributed by atoms with van der Waals surface area (Å²) in [5.74, 6) is 2.17. The maximum Gasteiger partial charge on any atom is 0.257 e. The first kappa shape index (κ1) is 16.8. The van der Waals surface area contributed by atoms with Crippen molar-refractivity contribution in [2.75, 3.05) is 31.1 Å². The van der Waals surface area contributed by atoms with Gasteiger partial charge in [-0.2, -0.15) is 0 Å². The van der Waals surface area contributed by atoms with E-state index in [-0.39, 0.29) is 0 Å². The predicted octanol–water partition coefficient (Wildman–Crippen LogP) is 2.79. The molecular formula is C19H22N6OS. The smallest absolute Gasteiger partial charge is 0.257 e.